The molecule has 1 aromatic carbocycles. The van der Waals surface area contributed by atoms with Gasteiger partial charge >= 0.3 is 0 Å². The van der Waals surface area contributed by atoms with Crippen LogP contribution >= 0.6 is 11.6 Å². The van der Waals surface area contributed by atoms with Crippen molar-refractivity contribution in [1.82, 2.24) is 0 Å². The van der Waals surface area contributed by atoms with E-state index >= 15 is 0 Å². The lowest BCUT2D eigenvalue weighted by atomic mass is 10.3. The molecule has 0 bridgehead atoms. The van der Waals surface area contributed by atoms with Crippen LogP contribution in [-0.4, -0.2) is 19.7 Å². The lowest BCUT2D eigenvalue weighted by molar-refractivity contribution is 0.415. The van der Waals surface area contributed by atoms with Gasteiger partial charge in [-0.3, -0.25) is 5.43 Å². The Morgan fingerprint density at radius 1 is 1.53 bits per heavy atom. The highest BCUT2D eigenvalue weighted by Crippen LogP contribution is 2.31. The average molecular weight is 226 g/mol. The number of nitrogens with one attached hydrogen (secondary N) is 1. The molecule has 1 rings (SSSR count). The van der Waals surface area contributed by atoms with Crippen LogP contribution < -0.4 is 10.2 Å². The largest absolute Gasteiger partial charge is 0.495 e. The number of halogens is 1. The molecule has 4 nitrogen and oxygen atoms in total. The standard InChI is InChI=1S/C10H12ClN3O/c1-7(12-2)13-14-8-5-4-6-9(15-3)10(8)11/h4-6,14H,2H2,1,3H3/b13-7+. The Labute approximate surface area is 93.6 Å². The normalized spacial score (nSPS) is 11.0. The van der Waals surface area contributed by atoms with Crippen molar-refractivity contribution in [2.24, 2.45) is 10.1 Å². The molecule has 0 aromatic heterocycles. The van der Waals surface area contributed by atoms with Gasteiger partial charge in [-0.05, 0) is 25.8 Å². The molecule has 0 spiro atoms. The molecule has 0 saturated heterocycles. The van der Waals surface area contributed by atoms with Crippen molar-refractivity contribution in [3.05, 3.63) is 23.2 Å². The first-order chi connectivity index (χ1) is 7.19. The van der Waals surface area contributed by atoms with E-state index in [0.717, 1.165) is 0 Å². The van der Waals surface area contributed by atoms with Crippen molar-refractivity contribution in [3.8, 4) is 5.75 Å². The Bertz CT molecular complexity index is 390. The fourth-order valence-corrected chi connectivity index (χ4v) is 1.18. The summed E-state index contributed by atoms with van der Waals surface area (Å²) in [7, 11) is 1.56. The fraction of sp³-hybridized carbons (Fsp3) is 0.200. The van der Waals surface area contributed by atoms with Crippen LogP contribution in [0.15, 0.2) is 28.3 Å². The Kier molecular flexibility index (Phi) is 4.12. The molecular weight excluding hydrogens is 214 g/mol. The topological polar surface area (TPSA) is 46.0 Å². The monoisotopic (exact) mass is 225 g/mol. The molecule has 1 N–H and O–H groups in total. The molecule has 0 aliphatic carbocycles. The van der Waals surface area contributed by atoms with Gasteiger partial charge in [0.1, 0.15) is 16.6 Å². The van der Waals surface area contributed by atoms with Crippen LogP contribution in [0.3, 0.4) is 0 Å². The number of rotatable bonds is 3. The summed E-state index contributed by atoms with van der Waals surface area (Å²) in [6.07, 6.45) is 0. The van der Waals surface area contributed by atoms with Gasteiger partial charge in [-0.1, -0.05) is 17.7 Å². The van der Waals surface area contributed by atoms with Crippen molar-refractivity contribution in [3.63, 3.8) is 0 Å². The molecule has 0 heterocycles. The number of nitrogens with zero attached hydrogens (tertiary/aromatic N) is 2. The number of anilines is 1. The van der Waals surface area contributed by atoms with Crippen molar-refractivity contribution in [1.29, 1.82) is 0 Å². The van der Waals surface area contributed by atoms with Gasteiger partial charge in [-0.25, -0.2) is 4.99 Å². The van der Waals surface area contributed by atoms with Crippen molar-refractivity contribution in [2.45, 2.75) is 6.92 Å². The maximum absolute atomic E-state index is 6.03. The van der Waals surface area contributed by atoms with E-state index in [4.69, 9.17) is 16.3 Å². The molecule has 0 saturated carbocycles. The third-order valence-corrected chi connectivity index (χ3v) is 2.14. The number of aliphatic imine (C=N–C) groups is 1. The summed E-state index contributed by atoms with van der Waals surface area (Å²) in [6.45, 7) is 5.08. The van der Waals surface area contributed by atoms with Gasteiger partial charge in [0.05, 0.1) is 12.8 Å². The molecule has 0 aliphatic rings. The number of hydrogen-bond acceptors (Lipinski definition) is 3. The first-order valence-electron chi connectivity index (χ1n) is 4.28. The molecule has 80 valence electrons. The van der Waals surface area contributed by atoms with E-state index in [2.05, 4.69) is 22.2 Å². The maximum Gasteiger partial charge on any atom is 0.144 e. The Balaban J connectivity index is 2.91. The Morgan fingerprint density at radius 2 is 2.27 bits per heavy atom. The summed E-state index contributed by atoms with van der Waals surface area (Å²) in [5.74, 6) is 1.13. The van der Waals surface area contributed by atoms with Crippen LogP contribution in [0.2, 0.25) is 5.02 Å². The summed E-state index contributed by atoms with van der Waals surface area (Å²) in [6, 6.07) is 5.39. The number of hydrazone groups is 1. The number of amidine groups is 1. The summed E-state index contributed by atoms with van der Waals surface area (Å²) >= 11 is 6.03. The van der Waals surface area contributed by atoms with Crippen molar-refractivity contribution < 1.29 is 4.74 Å². The van der Waals surface area contributed by atoms with Gasteiger partial charge in [0.15, 0.2) is 0 Å². The molecule has 5 heteroatoms. The fourth-order valence-electron chi connectivity index (χ4n) is 0.931. The molecule has 0 unspecified atom stereocenters. The maximum atomic E-state index is 6.03. The van der Waals surface area contributed by atoms with Crippen molar-refractivity contribution in [2.75, 3.05) is 12.5 Å². The van der Waals surface area contributed by atoms with E-state index in [1.165, 1.54) is 0 Å². The Hall–Kier alpha value is -1.55. The third-order valence-electron chi connectivity index (χ3n) is 1.75. The van der Waals surface area contributed by atoms with Gasteiger partial charge < -0.3 is 4.74 Å². The minimum atomic E-state index is 0.487. The van der Waals surface area contributed by atoms with Gasteiger partial charge in [0, 0.05) is 0 Å². The van der Waals surface area contributed by atoms with Gasteiger partial charge in [-0.15, -0.1) is 0 Å². The molecule has 0 amide bonds. The number of methoxy groups -OCH3 is 1. The minimum absolute atomic E-state index is 0.487. The lowest BCUT2D eigenvalue weighted by Gasteiger charge is -2.07. The van der Waals surface area contributed by atoms with E-state index in [9.17, 15) is 0 Å². The number of benzene rings is 1. The first-order valence-corrected chi connectivity index (χ1v) is 4.66. The molecule has 0 atom stereocenters. The molecular formula is C10H12ClN3O. The predicted octanol–water partition coefficient (Wildman–Crippen LogP) is 2.79. The summed E-state index contributed by atoms with van der Waals surface area (Å²) in [5, 5.41) is 4.43. The highest BCUT2D eigenvalue weighted by Gasteiger charge is 2.04. The van der Waals surface area contributed by atoms with Gasteiger partial charge in [-0.2, -0.15) is 5.10 Å². The van der Waals surface area contributed by atoms with E-state index in [1.54, 1.807) is 26.2 Å². The summed E-state index contributed by atoms with van der Waals surface area (Å²) in [5.41, 5.74) is 3.45. The highest BCUT2D eigenvalue weighted by molar-refractivity contribution is 6.34. The first kappa shape index (κ1) is 11.5. The zero-order valence-electron chi connectivity index (χ0n) is 8.62. The second-order valence-corrected chi connectivity index (χ2v) is 3.13. The summed E-state index contributed by atoms with van der Waals surface area (Å²) in [4.78, 5) is 3.64. The van der Waals surface area contributed by atoms with E-state index in [0.29, 0.717) is 22.3 Å². The number of ether oxygens (including phenoxy) is 1. The second kappa shape index (κ2) is 5.36. The molecule has 0 aliphatic heterocycles. The lowest BCUT2D eigenvalue weighted by Crippen LogP contribution is -1.95. The Morgan fingerprint density at radius 3 is 2.87 bits per heavy atom. The molecule has 15 heavy (non-hydrogen) atoms. The molecule has 0 fully saturated rings. The van der Waals surface area contributed by atoms with E-state index in [1.807, 2.05) is 6.07 Å². The quantitative estimate of drug-likeness (QED) is 0.489. The van der Waals surface area contributed by atoms with Gasteiger partial charge in [0.25, 0.3) is 0 Å². The SMILES string of the molecule is C=N/C(C)=N/Nc1cccc(OC)c1Cl. The average Bonchev–Trinajstić information content (AvgIpc) is 2.27. The third kappa shape index (κ3) is 2.95. The van der Waals surface area contributed by atoms with Crippen LogP contribution in [-0.2, 0) is 0 Å². The number of hydrogen-bond donors (Lipinski definition) is 1. The predicted molar refractivity (Wildman–Crippen MR) is 64.3 cm³/mol. The van der Waals surface area contributed by atoms with Crippen LogP contribution in [0.5, 0.6) is 5.75 Å². The van der Waals surface area contributed by atoms with E-state index in [-0.39, 0.29) is 0 Å². The highest BCUT2D eigenvalue weighted by atomic mass is 35.5. The van der Waals surface area contributed by atoms with Crippen LogP contribution in [0.4, 0.5) is 5.69 Å². The molecule has 0 radical (unpaired) electrons. The zero-order chi connectivity index (χ0) is 11.3. The summed E-state index contributed by atoms with van der Waals surface area (Å²) < 4.78 is 5.06. The smallest absolute Gasteiger partial charge is 0.144 e. The van der Waals surface area contributed by atoms with E-state index < -0.39 is 0 Å². The second-order valence-electron chi connectivity index (χ2n) is 2.75. The minimum Gasteiger partial charge on any atom is -0.495 e. The van der Waals surface area contributed by atoms with Crippen LogP contribution in [0.1, 0.15) is 6.92 Å². The molecule has 1 aromatic rings. The van der Waals surface area contributed by atoms with Crippen molar-refractivity contribution >= 4 is 29.8 Å². The van der Waals surface area contributed by atoms with Crippen LogP contribution in [0.25, 0.3) is 0 Å². The van der Waals surface area contributed by atoms with Gasteiger partial charge in [0.2, 0.25) is 0 Å². The van der Waals surface area contributed by atoms with Crippen LogP contribution in [0, 0.1) is 0 Å². The zero-order valence-corrected chi connectivity index (χ0v) is 9.38.